The zero-order chi connectivity index (χ0) is 16.1. The minimum Gasteiger partial charge on any atom is -0.472 e. The molecule has 4 nitrogen and oxygen atoms in total. The second kappa shape index (κ2) is 4.70. The van der Waals surface area contributed by atoms with Crippen LogP contribution in [0.4, 0.5) is 0 Å². The molecule has 2 atom stereocenters. The number of hydrogen-bond donors (Lipinski definition) is 0. The lowest BCUT2D eigenvalue weighted by atomic mass is 9.58. The van der Waals surface area contributed by atoms with Gasteiger partial charge < -0.3 is 9.15 Å². The summed E-state index contributed by atoms with van der Waals surface area (Å²) in [6.45, 7) is 7.54. The first-order valence-corrected chi connectivity index (χ1v) is 7.43. The predicted octanol–water partition coefficient (Wildman–Crippen LogP) is 3.75. The van der Waals surface area contributed by atoms with Crippen molar-refractivity contribution in [1.29, 1.82) is 0 Å². The highest BCUT2D eigenvalue weighted by molar-refractivity contribution is 6.07. The molecule has 1 heterocycles. The van der Waals surface area contributed by atoms with Crippen LogP contribution in [-0.2, 0) is 14.3 Å². The summed E-state index contributed by atoms with van der Waals surface area (Å²) in [7, 11) is 0. The molecule has 0 fully saturated rings. The van der Waals surface area contributed by atoms with E-state index in [4.69, 9.17) is 9.15 Å². The maximum absolute atomic E-state index is 12.6. The van der Waals surface area contributed by atoms with Gasteiger partial charge in [-0.25, -0.2) is 0 Å². The fraction of sp³-hybridized carbons (Fsp3) is 0.444. The van der Waals surface area contributed by atoms with Gasteiger partial charge in [-0.3, -0.25) is 9.59 Å². The molecule has 3 rings (SSSR count). The largest absolute Gasteiger partial charge is 0.472 e. The van der Waals surface area contributed by atoms with Crippen LogP contribution in [0.2, 0.25) is 0 Å². The van der Waals surface area contributed by atoms with E-state index in [9.17, 15) is 9.59 Å². The summed E-state index contributed by atoms with van der Waals surface area (Å²) >= 11 is 0. The number of hydrogen-bond acceptors (Lipinski definition) is 4. The standard InChI is InChI=1S/C18H20O4/c1-11(19)22-13-8-17(2,3)16-15(20)7-14(18(16,4)9-13)12-5-6-21-10-12/h5-7,9-10,16H,8H2,1-4H3/t16-,18-/m1/s1. The summed E-state index contributed by atoms with van der Waals surface area (Å²) in [6.07, 6.45) is 7.47. The molecule has 0 unspecified atom stereocenters. The first kappa shape index (κ1) is 14.8. The molecule has 2 aliphatic carbocycles. The lowest BCUT2D eigenvalue weighted by Gasteiger charge is -2.45. The van der Waals surface area contributed by atoms with Gasteiger partial charge in [0.2, 0.25) is 0 Å². The van der Waals surface area contributed by atoms with E-state index in [1.807, 2.05) is 19.1 Å². The van der Waals surface area contributed by atoms with E-state index in [0.29, 0.717) is 12.2 Å². The molecule has 0 radical (unpaired) electrons. The van der Waals surface area contributed by atoms with Crippen LogP contribution in [0.25, 0.3) is 5.57 Å². The number of fused-ring (bicyclic) bond motifs is 1. The maximum Gasteiger partial charge on any atom is 0.307 e. The van der Waals surface area contributed by atoms with Crippen molar-refractivity contribution in [2.45, 2.75) is 34.1 Å². The lowest BCUT2D eigenvalue weighted by Crippen LogP contribution is -2.42. The molecule has 116 valence electrons. The molecule has 0 spiro atoms. The number of allylic oxidation sites excluding steroid dienone is 4. The lowest BCUT2D eigenvalue weighted by molar-refractivity contribution is -0.138. The van der Waals surface area contributed by atoms with Crippen LogP contribution in [0, 0.1) is 16.7 Å². The zero-order valence-electron chi connectivity index (χ0n) is 13.3. The van der Waals surface area contributed by atoms with Crippen molar-refractivity contribution >= 4 is 17.3 Å². The Labute approximate surface area is 129 Å². The zero-order valence-corrected chi connectivity index (χ0v) is 13.3. The van der Waals surface area contributed by atoms with E-state index in [2.05, 4.69) is 13.8 Å². The smallest absolute Gasteiger partial charge is 0.307 e. The van der Waals surface area contributed by atoms with E-state index in [0.717, 1.165) is 11.1 Å². The van der Waals surface area contributed by atoms with E-state index in [1.165, 1.54) is 6.92 Å². The number of ketones is 1. The van der Waals surface area contributed by atoms with Gasteiger partial charge in [0.1, 0.15) is 5.76 Å². The number of furan rings is 1. The summed E-state index contributed by atoms with van der Waals surface area (Å²) in [5.41, 5.74) is 1.05. The summed E-state index contributed by atoms with van der Waals surface area (Å²) in [5.74, 6) is 0.272. The highest BCUT2D eigenvalue weighted by Crippen LogP contribution is 2.59. The number of rotatable bonds is 2. The molecule has 2 aliphatic rings. The first-order valence-electron chi connectivity index (χ1n) is 7.43. The average molecular weight is 300 g/mol. The molecular weight excluding hydrogens is 280 g/mol. The number of ether oxygens (including phenoxy) is 1. The van der Waals surface area contributed by atoms with Crippen molar-refractivity contribution in [2.75, 3.05) is 0 Å². The Balaban J connectivity index is 2.13. The number of carbonyl (C=O) groups excluding carboxylic acids is 2. The molecule has 1 aromatic rings. The van der Waals surface area contributed by atoms with Crippen LogP contribution in [0.3, 0.4) is 0 Å². The van der Waals surface area contributed by atoms with Gasteiger partial charge in [-0.15, -0.1) is 0 Å². The van der Waals surface area contributed by atoms with Gasteiger partial charge in [-0.1, -0.05) is 20.8 Å². The molecule has 0 saturated heterocycles. The van der Waals surface area contributed by atoms with E-state index in [1.54, 1.807) is 18.6 Å². The van der Waals surface area contributed by atoms with Gasteiger partial charge in [0, 0.05) is 30.2 Å². The second-order valence-electron chi connectivity index (χ2n) is 7.06. The SMILES string of the molecule is CC(=O)OC1=C[C@]2(C)C(c3ccoc3)=CC(=O)[C@@H]2C(C)(C)C1. The normalized spacial score (nSPS) is 29.6. The van der Waals surface area contributed by atoms with Crippen molar-refractivity contribution in [3.8, 4) is 0 Å². The molecular formula is C18H20O4. The second-order valence-corrected chi connectivity index (χ2v) is 7.06. The van der Waals surface area contributed by atoms with Gasteiger partial charge in [-0.05, 0) is 29.2 Å². The maximum atomic E-state index is 12.6. The third kappa shape index (κ3) is 2.14. The molecule has 0 saturated carbocycles. The highest BCUT2D eigenvalue weighted by atomic mass is 16.5. The molecule has 1 aromatic heterocycles. The number of carbonyl (C=O) groups is 2. The van der Waals surface area contributed by atoms with E-state index in [-0.39, 0.29) is 23.1 Å². The van der Waals surface area contributed by atoms with Crippen molar-refractivity contribution in [3.05, 3.63) is 42.1 Å². The van der Waals surface area contributed by atoms with Crippen molar-refractivity contribution in [3.63, 3.8) is 0 Å². The fourth-order valence-corrected chi connectivity index (χ4v) is 4.19. The minimum atomic E-state index is -0.493. The Morgan fingerprint density at radius 1 is 1.36 bits per heavy atom. The van der Waals surface area contributed by atoms with Crippen LogP contribution in [0.5, 0.6) is 0 Å². The average Bonchev–Trinajstić information content (AvgIpc) is 2.93. The van der Waals surface area contributed by atoms with Crippen LogP contribution >= 0.6 is 0 Å². The van der Waals surface area contributed by atoms with Crippen LogP contribution < -0.4 is 0 Å². The number of esters is 1. The van der Waals surface area contributed by atoms with Crippen molar-refractivity contribution < 1.29 is 18.7 Å². The quantitative estimate of drug-likeness (QED) is 0.781. The van der Waals surface area contributed by atoms with E-state index >= 15 is 0 Å². The summed E-state index contributed by atoms with van der Waals surface area (Å²) in [4.78, 5) is 24.0. The Morgan fingerprint density at radius 2 is 2.09 bits per heavy atom. The van der Waals surface area contributed by atoms with Crippen LogP contribution in [0.15, 0.2) is 40.9 Å². The Hall–Kier alpha value is -2.10. The molecule has 0 bridgehead atoms. The van der Waals surface area contributed by atoms with Gasteiger partial charge >= 0.3 is 5.97 Å². The van der Waals surface area contributed by atoms with Gasteiger partial charge in [-0.2, -0.15) is 0 Å². The summed E-state index contributed by atoms with van der Waals surface area (Å²) < 4.78 is 10.5. The molecule has 0 aromatic carbocycles. The predicted molar refractivity (Wildman–Crippen MR) is 81.5 cm³/mol. The molecule has 22 heavy (non-hydrogen) atoms. The molecule has 0 N–H and O–H groups in total. The first-order chi connectivity index (χ1) is 10.2. The molecule has 0 amide bonds. The van der Waals surface area contributed by atoms with Gasteiger partial charge in [0.05, 0.1) is 12.5 Å². The van der Waals surface area contributed by atoms with E-state index < -0.39 is 5.41 Å². The minimum absolute atomic E-state index is 0.127. The third-order valence-corrected chi connectivity index (χ3v) is 4.73. The van der Waals surface area contributed by atoms with Crippen LogP contribution in [-0.4, -0.2) is 11.8 Å². The monoisotopic (exact) mass is 300 g/mol. The Morgan fingerprint density at radius 3 is 2.68 bits per heavy atom. The highest BCUT2D eigenvalue weighted by Gasteiger charge is 2.55. The van der Waals surface area contributed by atoms with Crippen LogP contribution in [0.1, 0.15) is 39.7 Å². The fourth-order valence-electron chi connectivity index (χ4n) is 4.19. The summed E-state index contributed by atoms with van der Waals surface area (Å²) in [5, 5.41) is 0. The topological polar surface area (TPSA) is 56.5 Å². The molecule has 4 heteroatoms. The summed E-state index contributed by atoms with van der Waals surface area (Å²) in [6, 6.07) is 1.85. The third-order valence-electron chi connectivity index (χ3n) is 4.73. The Kier molecular flexibility index (Phi) is 3.17. The van der Waals surface area contributed by atoms with Crippen molar-refractivity contribution in [2.24, 2.45) is 16.7 Å². The van der Waals surface area contributed by atoms with Gasteiger partial charge in [0.15, 0.2) is 5.78 Å². The van der Waals surface area contributed by atoms with Crippen molar-refractivity contribution in [1.82, 2.24) is 0 Å². The molecule has 0 aliphatic heterocycles. The Bertz CT molecular complexity index is 691. The van der Waals surface area contributed by atoms with Gasteiger partial charge in [0.25, 0.3) is 0 Å².